The number of nitrogens with two attached hydrogens (primary N) is 1. The molecule has 84 valence electrons. The molecule has 2 heteroatoms. The maximum atomic E-state index is 5.70. The van der Waals surface area contributed by atoms with Crippen LogP contribution in [-0.2, 0) is 0 Å². The average molecular weight is 198 g/mol. The van der Waals surface area contributed by atoms with E-state index in [9.17, 15) is 0 Å². The lowest BCUT2D eigenvalue weighted by atomic mass is 9.81. The number of piperidine rings is 1. The number of rotatable bonds is 4. The van der Waals surface area contributed by atoms with Crippen LogP contribution in [0.25, 0.3) is 0 Å². The van der Waals surface area contributed by atoms with E-state index in [0.717, 1.165) is 24.4 Å². The highest BCUT2D eigenvalue weighted by molar-refractivity contribution is 4.83. The lowest BCUT2D eigenvalue weighted by Crippen LogP contribution is -2.43. The molecule has 1 aliphatic heterocycles. The number of nitrogens with zero attached hydrogens (tertiary/aromatic N) is 1. The molecule has 0 aromatic rings. The fourth-order valence-electron chi connectivity index (χ4n) is 2.80. The van der Waals surface area contributed by atoms with Gasteiger partial charge in [-0.15, -0.1) is 0 Å². The zero-order chi connectivity index (χ0) is 10.6. The van der Waals surface area contributed by atoms with Crippen molar-refractivity contribution in [3.63, 3.8) is 0 Å². The van der Waals surface area contributed by atoms with Gasteiger partial charge in [0.1, 0.15) is 0 Å². The van der Waals surface area contributed by atoms with Gasteiger partial charge in [-0.2, -0.15) is 0 Å². The minimum atomic E-state index is 0.768. The molecule has 0 aromatic heterocycles. The van der Waals surface area contributed by atoms with Crippen molar-refractivity contribution in [3.05, 3.63) is 0 Å². The van der Waals surface area contributed by atoms with Crippen LogP contribution in [0.1, 0.15) is 39.5 Å². The molecule has 0 aromatic carbocycles. The van der Waals surface area contributed by atoms with E-state index in [0.29, 0.717) is 0 Å². The molecule has 2 N–H and O–H groups in total. The molecule has 0 radical (unpaired) electrons. The smallest absolute Gasteiger partial charge is 0.0123 e. The average Bonchev–Trinajstić information content (AvgIpc) is 2.15. The Kier molecular flexibility index (Phi) is 4.90. The molecule has 0 bridgehead atoms. The third-order valence-corrected chi connectivity index (χ3v) is 3.68. The lowest BCUT2D eigenvalue weighted by molar-refractivity contribution is 0.0995. The van der Waals surface area contributed by atoms with Crippen molar-refractivity contribution in [1.29, 1.82) is 0 Å². The van der Waals surface area contributed by atoms with E-state index in [-0.39, 0.29) is 0 Å². The first kappa shape index (κ1) is 12.0. The standard InChI is InChI=1S/C12H26N2/c1-10(2)11(7-8-13)12-6-4-5-9-14(12)3/h10-12H,4-9,13H2,1-3H3. The summed E-state index contributed by atoms with van der Waals surface area (Å²) in [6.07, 6.45) is 5.34. The Morgan fingerprint density at radius 3 is 2.57 bits per heavy atom. The van der Waals surface area contributed by atoms with E-state index in [4.69, 9.17) is 5.73 Å². The lowest BCUT2D eigenvalue weighted by Gasteiger charge is -2.40. The fraction of sp³-hybridized carbons (Fsp3) is 1.00. The molecule has 1 heterocycles. The molecule has 0 saturated carbocycles. The fourth-order valence-corrected chi connectivity index (χ4v) is 2.80. The maximum absolute atomic E-state index is 5.70. The van der Waals surface area contributed by atoms with Crippen LogP contribution in [0.4, 0.5) is 0 Å². The van der Waals surface area contributed by atoms with Gasteiger partial charge < -0.3 is 10.6 Å². The van der Waals surface area contributed by atoms with E-state index in [1.54, 1.807) is 0 Å². The van der Waals surface area contributed by atoms with E-state index in [1.807, 2.05) is 0 Å². The van der Waals surface area contributed by atoms with Crippen LogP contribution in [-0.4, -0.2) is 31.1 Å². The Morgan fingerprint density at radius 1 is 1.36 bits per heavy atom. The third kappa shape index (κ3) is 2.96. The molecule has 1 rings (SSSR count). The number of hydrogen-bond donors (Lipinski definition) is 1. The van der Waals surface area contributed by atoms with Crippen molar-refractivity contribution in [2.45, 2.75) is 45.6 Å². The van der Waals surface area contributed by atoms with Crippen molar-refractivity contribution < 1.29 is 0 Å². The summed E-state index contributed by atoms with van der Waals surface area (Å²) in [5, 5.41) is 0. The Bertz CT molecular complexity index is 154. The van der Waals surface area contributed by atoms with Crippen LogP contribution < -0.4 is 5.73 Å². The minimum absolute atomic E-state index is 0.768. The summed E-state index contributed by atoms with van der Waals surface area (Å²) < 4.78 is 0. The van der Waals surface area contributed by atoms with Gasteiger partial charge in [0.2, 0.25) is 0 Å². The monoisotopic (exact) mass is 198 g/mol. The first-order chi connectivity index (χ1) is 6.66. The first-order valence-electron chi connectivity index (χ1n) is 6.07. The van der Waals surface area contributed by atoms with Crippen molar-refractivity contribution in [2.75, 3.05) is 20.1 Å². The van der Waals surface area contributed by atoms with E-state index in [1.165, 1.54) is 32.2 Å². The Balaban J connectivity index is 2.55. The highest BCUT2D eigenvalue weighted by atomic mass is 15.1. The number of hydrogen-bond acceptors (Lipinski definition) is 2. The van der Waals surface area contributed by atoms with E-state index >= 15 is 0 Å². The van der Waals surface area contributed by atoms with Gasteiger partial charge in [0.05, 0.1) is 0 Å². The molecular formula is C12H26N2. The van der Waals surface area contributed by atoms with Crippen LogP contribution in [0.15, 0.2) is 0 Å². The SMILES string of the molecule is CC(C)C(CCN)C1CCCCN1C. The summed E-state index contributed by atoms with van der Waals surface area (Å²) in [5.41, 5.74) is 5.70. The van der Waals surface area contributed by atoms with Gasteiger partial charge in [0.25, 0.3) is 0 Å². The first-order valence-corrected chi connectivity index (χ1v) is 6.07. The molecule has 1 aliphatic rings. The quantitative estimate of drug-likeness (QED) is 0.749. The highest BCUT2D eigenvalue weighted by Crippen LogP contribution is 2.28. The maximum Gasteiger partial charge on any atom is 0.0123 e. The van der Waals surface area contributed by atoms with Gasteiger partial charge in [-0.3, -0.25) is 0 Å². The molecule has 0 aliphatic carbocycles. The second-order valence-corrected chi connectivity index (χ2v) is 5.03. The van der Waals surface area contributed by atoms with Gasteiger partial charge >= 0.3 is 0 Å². The van der Waals surface area contributed by atoms with Gasteiger partial charge in [0, 0.05) is 6.04 Å². The highest BCUT2D eigenvalue weighted by Gasteiger charge is 2.28. The molecule has 0 amide bonds. The zero-order valence-electron chi connectivity index (χ0n) is 10.00. The van der Waals surface area contributed by atoms with Crippen molar-refractivity contribution in [1.82, 2.24) is 4.90 Å². The Hall–Kier alpha value is -0.0800. The second kappa shape index (κ2) is 5.72. The molecule has 1 fully saturated rings. The van der Waals surface area contributed by atoms with Gasteiger partial charge in [-0.1, -0.05) is 20.3 Å². The van der Waals surface area contributed by atoms with Crippen LogP contribution in [0.2, 0.25) is 0 Å². The molecular weight excluding hydrogens is 172 g/mol. The summed E-state index contributed by atoms with van der Waals surface area (Å²) in [4.78, 5) is 2.55. The Labute approximate surface area is 88.8 Å². The predicted molar refractivity (Wildman–Crippen MR) is 62.3 cm³/mol. The van der Waals surface area contributed by atoms with Crippen LogP contribution >= 0.6 is 0 Å². The van der Waals surface area contributed by atoms with Crippen LogP contribution in [0, 0.1) is 11.8 Å². The summed E-state index contributed by atoms with van der Waals surface area (Å²) in [5.74, 6) is 1.56. The van der Waals surface area contributed by atoms with Gasteiger partial charge in [-0.05, 0) is 51.2 Å². The van der Waals surface area contributed by atoms with Crippen molar-refractivity contribution in [2.24, 2.45) is 17.6 Å². The van der Waals surface area contributed by atoms with Crippen molar-refractivity contribution >= 4 is 0 Å². The predicted octanol–water partition coefficient (Wildman–Crippen LogP) is 2.09. The van der Waals surface area contributed by atoms with Crippen molar-refractivity contribution in [3.8, 4) is 0 Å². The van der Waals surface area contributed by atoms with E-state index in [2.05, 4.69) is 25.8 Å². The Morgan fingerprint density at radius 2 is 2.07 bits per heavy atom. The molecule has 2 atom stereocenters. The normalized spacial score (nSPS) is 26.8. The second-order valence-electron chi connectivity index (χ2n) is 5.03. The molecule has 1 saturated heterocycles. The van der Waals surface area contributed by atoms with Gasteiger partial charge in [-0.25, -0.2) is 0 Å². The summed E-state index contributed by atoms with van der Waals surface area (Å²) in [6, 6.07) is 0.785. The minimum Gasteiger partial charge on any atom is -0.330 e. The third-order valence-electron chi connectivity index (χ3n) is 3.68. The molecule has 0 spiro atoms. The molecule has 2 unspecified atom stereocenters. The van der Waals surface area contributed by atoms with Gasteiger partial charge in [0.15, 0.2) is 0 Å². The number of likely N-dealkylation sites (tertiary alicyclic amines) is 1. The summed E-state index contributed by atoms with van der Waals surface area (Å²) in [7, 11) is 2.27. The summed E-state index contributed by atoms with van der Waals surface area (Å²) in [6.45, 7) is 6.79. The van der Waals surface area contributed by atoms with Crippen LogP contribution in [0.5, 0.6) is 0 Å². The summed E-state index contributed by atoms with van der Waals surface area (Å²) >= 11 is 0. The molecule has 2 nitrogen and oxygen atoms in total. The molecule has 14 heavy (non-hydrogen) atoms. The largest absolute Gasteiger partial charge is 0.330 e. The van der Waals surface area contributed by atoms with E-state index < -0.39 is 0 Å². The van der Waals surface area contributed by atoms with Crippen LogP contribution in [0.3, 0.4) is 0 Å². The zero-order valence-corrected chi connectivity index (χ0v) is 10.00. The topological polar surface area (TPSA) is 29.3 Å².